The van der Waals surface area contributed by atoms with Crippen molar-refractivity contribution in [3.63, 3.8) is 0 Å². The minimum atomic E-state index is 0.00725. The van der Waals surface area contributed by atoms with E-state index in [0.29, 0.717) is 11.0 Å². The number of aromatic amines is 1. The van der Waals surface area contributed by atoms with Crippen LogP contribution >= 0.6 is 15.9 Å². The van der Waals surface area contributed by atoms with Gasteiger partial charge in [-0.05, 0) is 22.4 Å². The number of nitrogens with one attached hydrogen (secondary N) is 1. The molecule has 2 aromatic rings. The fourth-order valence-electron chi connectivity index (χ4n) is 1.27. The van der Waals surface area contributed by atoms with Gasteiger partial charge in [0.25, 0.3) is 0 Å². The third-order valence-electron chi connectivity index (χ3n) is 1.93. The SMILES string of the molecule is CCc1[nH]c2ncnc(O)c2c1Br. The average molecular weight is 242 g/mol. The van der Waals surface area contributed by atoms with E-state index in [0.717, 1.165) is 16.6 Å². The fourth-order valence-corrected chi connectivity index (χ4v) is 2.01. The minimum absolute atomic E-state index is 0.00725. The van der Waals surface area contributed by atoms with Crippen molar-refractivity contribution in [2.45, 2.75) is 13.3 Å². The molecule has 2 aromatic heterocycles. The minimum Gasteiger partial charge on any atom is -0.493 e. The summed E-state index contributed by atoms with van der Waals surface area (Å²) in [6.45, 7) is 2.03. The summed E-state index contributed by atoms with van der Waals surface area (Å²) in [5.74, 6) is 0.00725. The molecular weight excluding hydrogens is 234 g/mol. The molecule has 68 valence electrons. The van der Waals surface area contributed by atoms with Gasteiger partial charge in [-0.3, -0.25) is 0 Å². The highest BCUT2D eigenvalue weighted by molar-refractivity contribution is 9.10. The smallest absolute Gasteiger partial charge is 0.224 e. The number of hydrogen-bond donors (Lipinski definition) is 2. The topological polar surface area (TPSA) is 61.8 Å². The first-order valence-corrected chi connectivity index (χ1v) is 4.73. The van der Waals surface area contributed by atoms with Gasteiger partial charge < -0.3 is 10.1 Å². The number of aromatic hydroxyl groups is 1. The van der Waals surface area contributed by atoms with E-state index in [1.807, 2.05) is 6.92 Å². The van der Waals surface area contributed by atoms with Crippen LogP contribution in [0.1, 0.15) is 12.6 Å². The van der Waals surface area contributed by atoms with E-state index in [4.69, 9.17) is 0 Å². The molecule has 0 unspecified atom stereocenters. The number of fused-ring (bicyclic) bond motifs is 1. The lowest BCUT2D eigenvalue weighted by Gasteiger charge is -1.92. The van der Waals surface area contributed by atoms with Crippen LogP contribution in [0.2, 0.25) is 0 Å². The molecule has 2 N–H and O–H groups in total. The molecule has 0 fully saturated rings. The first kappa shape index (κ1) is 8.50. The molecule has 0 spiro atoms. The largest absolute Gasteiger partial charge is 0.493 e. The highest BCUT2D eigenvalue weighted by Gasteiger charge is 2.12. The molecule has 4 nitrogen and oxygen atoms in total. The Morgan fingerprint density at radius 1 is 1.54 bits per heavy atom. The number of rotatable bonds is 1. The van der Waals surface area contributed by atoms with Crippen LogP contribution in [0.25, 0.3) is 11.0 Å². The van der Waals surface area contributed by atoms with Crippen LogP contribution in [0, 0.1) is 0 Å². The van der Waals surface area contributed by atoms with Crippen molar-refractivity contribution in [3.8, 4) is 5.88 Å². The lowest BCUT2D eigenvalue weighted by molar-refractivity contribution is 0.459. The van der Waals surface area contributed by atoms with E-state index in [1.54, 1.807) is 0 Å². The first-order chi connectivity index (χ1) is 6.24. The number of H-pyrrole nitrogens is 1. The molecule has 5 heteroatoms. The van der Waals surface area contributed by atoms with E-state index in [-0.39, 0.29) is 5.88 Å². The summed E-state index contributed by atoms with van der Waals surface area (Å²) < 4.78 is 0.850. The number of aromatic nitrogens is 3. The normalized spacial score (nSPS) is 10.9. The fraction of sp³-hybridized carbons (Fsp3) is 0.250. The molecule has 0 aliphatic carbocycles. The van der Waals surface area contributed by atoms with Crippen molar-refractivity contribution in [2.75, 3.05) is 0 Å². The van der Waals surface area contributed by atoms with Crippen LogP contribution in [0.15, 0.2) is 10.8 Å². The van der Waals surface area contributed by atoms with Gasteiger partial charge in [0.15, 0.2) is 0 Å². The van der Waals surface area contributed by atoms with E-state index >= 15 is 0 Å². The Bertz CT molecular complexity index is 452. The second kappa shape index (κ2) is 2.99. The number of nitrogens with zero attached hydrogens (tertiary/aromatic N) is 2. The summed E-state index contributed by atoms with van der Waals surface area (Å²) in [6, 6.07) is 0. The van der Waals surface area contributed by atoms with Crippen molar-refractivity contribution in [3.05, 3.63) is 16.5 Å². The van der Waals surface area contributed by atoms with E-state index in [9.17, 15) is 5.11 Å². The van der Waals surface area contributed by atoms with Gasteiger partial charge in [0.2, 0.25) is 5.88 Å². The monoisotopic (exact) mass is 241 g/mol. The Hall–Kier alpha value is -1.10. The second-order valence-electron chi connectivity index (χ2n) is 2.69. The molecule has 0 aromatic carbocycles. The average Bonchev–Trinajstić information content (AvgIpc) is 2.44. The first-order valence-electron chi connectivity index (χ1n) is 3.94. The molecule has 0 radical (unpaired) electrons. The molecule has 0 atom stereocenters. The predicted octanol–water partition coefficient (Wildman–Crippen LogP) is 1.99. The summed E-state index contributed by atoms with van der Waals surface area (Å²) >= 11 is 3.39. The lowest BCUT2D eigenvalue weighted by Crippen LogP contribution is -1.80. The van der Waals surface area contributed by atoms with E-state index in [1.165, 1.54) is 6.33 Å². The molecule has 0 aliphatic rings. The third-order valence-corrected chi connectivity index (χ3v) is 2.81. The van der Waals surface area contributed by atoms with Gasteiger partial charge in [-0.2, -0.15) is 0 Å². The van der Waals surface area contributed by atoms with Gasteiger partial charge in [-0.15, -0.1) is 0 Å². The summed E-state index contributed by atoms with van der Waals surface area (Å²) in [4.78, 5) is 10.8. The number of halogens is 1. The molecule has 0 bridgehead atoms. The zero-order valence-corrected chi connectivity index (χ0v) is 8.59. The third kappa shape index (κ3) is 1.19. The zero-order chi connectivity index (χ0) is 9.42. The van der Waals surface area contributed by atoms with E-state index in [2.05, 4.69) is 30.9 Å². The molecule has 2 heterocycles. The summed E-state index contributed by atoms with van der Waals surface area (Å²) in [7, 11) is 0. The molecule has 0 saturated heterocycles. The lowest BCUT2D eigenvalue weighted by atomic mass is 10.3. The standard InChI is InChI=1S/C8H8BrN3O/c1-2-4-6(9)5-7(12-4)10-3-11-8(5)13/h3H,2H2,1H3,(H2,10,11,12,13). The van der Waals surface area contributed by atoms with Gasteiger partial charge in [0.1, 0.15) is 12.0 Å². The maximum Gasteiger partial charge on any atom is 0.224 e. The van der Waals surface area contributed by atoms with Crippen LogP contribution in [0.3, 0.4) is 0 Å². The second-order valence-corrected chi connectivity index (χ2v) is 3.48. The maximum atomic E-state index is 9.46. The predicted molar refractivity (Wildman–Crippen MR) is 52.6 cm³/mol. The Kier molecular flexibility index (Phi) is 1.95. The molecular formula is C8H8BrN3O. The zero-order valence-electron chi connectivity index (χ0n) is 7.00. The molecule has 0 amide bonds. The van der Waals surface area contributed by atoms with Crippen LogP contribution in [-0.4, -0.2) is 20.1 Å². The van der Waals surface area contributed by atoms with Crippen LogP contribution in [-0.2, 0) is 6.42 Å². The van der Waals surface area contributed by atoms with Gasteiger partial charge in [0.05, 0.1) is 9.86 Å². The van der Waals surface area contributed by atoms with Crippen LogP contribution < -0.4 is 0 Å². The summed E-state index contributed by atoms with van der Waals surface area (Å²) in [5.41, 5.74) is 1.68. The van der Waals surface area contributed by atoms with Gasteiger partial charge in [0, 0.05) is 5.69 Å². The molecule has 13 heavy (non-hydrogen) atoms. The van der Waals surface area contributed by atoms with Gasteiger partial charge in [-0.25, -0.2) is 9.97 Å². The van der Waals surface area contributed by atoms with Crippen molar-refractivity contribution < 1.29 is 5.11 Å². The van der Waals surface area contributed by atoms with Gasteiger partial charge >= 0.3 is 0 Å². The maximum absolute atomic E-state index is 9.46. The summed E-state index contributed by atoms with van der Waals surface area (Å²) in [5, 5.41) is 10.1. The molecule has 2 rings (SSSR count). The number of aryl methyl sites for hydroxylation is 1. The van der Waals surface area contributed by atoms with Crippen molar-refractivity contribution in [1.82, 2.24) is 15.0 Å². The molecule has 0 saturated carbocycles. The summed E-state index contributed by atoms with van der Waals surface area (Å²) in [6.07, 6.45) is 2.19. The quantitative estimate of drug-likeness (QED) is 0.803. The van der Waals surface area contributed by atoms with Crippen LogP contribution in [0.4, 0.5) is 0 Å². The van der Waals surface area contributed by atoms with Crippen molar-refractivity contribution in [2.24, 2.45) is 0 Å². The Balaban J connectivity index is 2.85. The van der Waals surface area contributed by atoms with E-state index < -0.39 is 0 Å². The highest BCUT2D eigenvalue weighted by Crippen LogP contribution is 2.31. The van der Waals surface area contributed by atoms with Gasteiger partial charge in [-0.1, -0.05) is 6.92 Å². The molecule has 0 aliphatic heterocycles. The Labute approximate surface area is 83.2 Å². The van der Waals surface area contributed by atoms with Crippen LogP contribution in [0.5, 0.6) is 5.88 Å². The Morgan fingerprint density at radius 3 is 2.92 bits per heavy atom. The number of hydrogen-bond acceptors (Lipinski definition) is 3. The highest BCUT2D eigenvalue weighted by atomic mass is 79.9. The van der Waals surface area contributed by atoms with Crippen molar-refractivity contribution in [1.29, 1.82) is 0 Å². The van der Waals surface area contributed by atoms with Crippen molar-refractivity contribution >= 4 is 27.0 Å². The Morgan fingerprint density at radius 2 is 2.31 bits per heavy atom.